The predicted octanol–water partition coefficient (Wildman–Crippen LogP) is 2.85. The Morgan fingerprint density at radius 1 is 1.45 bits per heavy atom. The summed E-state index contributed by atoms with van der Waals surface area (Å²) in [5.74, 6) is 1.63. The summed E-state index contributed by atoms with van der Waals surface area (Å²) < 4.78 is 5.62. The van der Waals surface area contributed by atoms with Crippen LogP contribution in [0, 0.1) is 11.8 Å². The molecule has 0 bridgehead atoms. The lowest BCUT2D eigenvalue weighted by Crippen LogP contribution is -2.13. The number of hydrogen-bond donors (Lipinski definition) is 0. The molecule has 0 spiro atoms. The van der Waals surface area contributed by atoms with E-state index in [1.807, 2.05) is 0 Å². The zero-order chi connectivity index (χ0) is 8.27. The van der Waals surface area contributed by atoms with E-state index in [1.54, 1.807) is 0 Å². The van der Waals surface area contributed by atoms with Crippen LogP contribution in [0.4, 0.5) is 0 Å². The lowest BCUT2D eigenvalue weighted by molar-refractivity contribution is 0.0824. The second kappa shape index (κ2) is 4.10. The van der Waals surface area contributed by atoms with E-state index in [2.05, 4.69) is 20.8 Å². The van der Waals surface area contributed by atoms with Gasteiger partial charge in [-0.3, -0.25) is 0 Å². The summed E-state index contributed by atoms with van der Waals surface area (Å²) in [5.41, 5.74) is 0. The van der Waals surface area contributed by atoms with Gasteiger partial charge in [-0.15, -0.1) is 0 Å². The largest absolute Gasteiger partial charge is 0.378 e. The minimum Gasteiger partial charge on any atom is -0.378 e. The summed E-state index contributed by atoms with van der Waals surface area (Å²) in [6, 6.07) is 0. The lowest BCUT2D eigenvalue weighted by atomic mass is 9.97. The highest BCUT2D eigenvalue weighted by molar-refractivity contribution is 4.72. The third-order valence-electron chi connectivity index (χ3n) is 2.57. The molecule has 66 valence electrons. The van der Waals surface area contributed by atoms with E-state index in [0.717, 1.165) is 18.4 Å². The highest BCUT2D eigenvalue weighted by Gasteiger charge is 2.23. The molecule has 1 rings (SSSR count). The van der Waals surface area contributed by atoms with Gasteiger partial charge < -0.3 is 4.74 Å². The molecule has 0 aromatic heterocycles. The molecule has 1 saturated heterocycles. The van der Waals surface area contributed by atoms with Crippen LogP contribution in [0.3, 0.4) is 0 Å². The van der Waals surface area contributed by atoms with Crippen LogP contribution in [-0.2, 0) is 4.74 Å². The minimum absolute atomic E-state index is 0.567. The van der Waals surface area contributed by atoms with E-state index < -0.39 is 0 Å². The molecule has 0 saturated carbocycles. The molecule has 0 amide bonds. The average molecular weight is 156 g/mol. The Morgan fingerprint density at radius 2 is 2.18 bits per heavy atom. The number of ether oxygens (including phenoxy) is 1. The summed E-state index contributed by atoms with van der Waals surface area (Å²) in [5, 5.41) is 0. The zero-order valence-electron chi connectivity index (χ0n) is 7.97. The van der Waals surface area contributed by atoms with Gasteiger partial charge in [0.1, 0.15) is 0 Å². The van der Waals surface area contributed by atoms with Gasteiger partial charge in [0.15, 0.2) is 0 Å². The first-order chi connectivity index (χ1) is 5.20. The fourth-order valence-electron chi connectivity index (χ4n) is 1.62. The van der Waals surface area contributed by atoms with Crippen molar-refractivity contribution in [3.8, 4) is 0 Å². The van der Waals surface area contributed by atoms with Gasteiger partial charge in [-0.1, -0.05) is 20.8 Å². The van der Waals surface area contributed by atoms with E-state index in [9.17, 15) is 0 Å². The van der Waals surface area contributed by atoms with Crippen molar-refractivity contribution in [2.75, 3.05) is 6.61 Å². The normalized spacial score (nSPS) is 31.6. The van der Waals surface area contributed by atoms with Gasteiger partial charge in [0, 0.05) is 6.61 Å². The first-order valence-corrected chi connectivity index (χ1v) is 4.81. The molecule has 1 heterocycles. The van der Waals surface area contributed by atoms with Crippen LogP contribution in [0.5, 0.6) is 0 Å². The van der Waals surface area contributed by atoms with E-state index in [0.29, 0.717) is 6.10 Å². The molecule has 1 aliphatic heterocycles. The van der Waals surface area contributed by atoms with Crippen molar-refractivity contribution in [3.05, 3.63) is 0 Å². The van der Waals surface area contributed by atoms with Crippen molar-refractivity contribution in [3.63, 3.8) is 0 Å². The summed E-state index contributed by atoms with van der Waals surface area (Å²) in [7, 11) is 0. The maximum atomic E-state index is 5.62. The average Bonchev–Trinajstić information content (AvgIpc) is 2.31. The van der Waals surface area contributed by atoms with Crippen LogP contribution >= 0.6 is 0 Å². The van der Waals surface area contributed by atoms with Crippen molar-refractivity contribution in [2.45, 2.75) is 46.1 Å². The molecule has 1 heteroatoms. The molecule has 0 aliphatic carbocycles. The molecule has 1 fully saturated rings. The maximum Gasteiger partial charge on any atom is 0.0601 e. The molecule has 0 aromatic carbocycles. The molecule has 11 heavy (non-hydrogen) atoms. The standard InChI is InChI=1S/C10H20O/c1-8(2)4-5-10-9(3)6-7-11-10/h8-10H,4-7H2,1-3H3. The van der Waals surface area contributed by atoms with Gasteiger partial charge in [-0.05, 0) is 31.1 Å². The van der Waals surface area contributed by atoms with E-state index in [1.165, 1.54) is 19.3 Å². The summed E-state index contributed by atoms with van der Waals surface area (Å²) in [6.07, 6.45) is 4.41. The summed E-state index contributed by atoms with van der Waals surface area (Å²) >= 11 is 0. The van der Waals surface area contributed by atoms with Crippen LogP contribution < -0.4 is 0 Å². The fourth-order valence-corrected chi connectivity index (χ4v) is 1.62. The van der Waals surface area contributed by atoms with Crippen LogP contribution in [-0.4, -0.2) is 12.7 Å². The molecule has 2 atom stereocenters. The predicted molar refractivity (Wildman–Crippen MR) is 47.6 cm³/mol. The van der Waals surface area contributed by atoms with Gasteiger partial charge in [0.05, 0.1) is 6.10 Å². The Kier molecular flexibility index (Phi) is 3.38. The first kappa shape index (κ1) is 9.05. The lowest BCUT2D eigenvalue weighted by Gasteiger charge is -2.15. The minimum atomic E-state index is 0.567. The van der Waals surface area contributed by atoms with Gasteiger partial charge in [-0.2, -0.15) is 0 Å². The molecule has 2 unspecified atom stereocenters. The van der Waals surface area contributed by atoms with Crippen molar-refractivity contribution in [1.82, 2.24) is 0 Å². The van der Waals surface area contributed by atoms with Crippen molar-refractivity contribution in [2.24, 2.45) is 11.8 Å². The highest BCUT2D eigenvalue weighted by Crippen LogP contribution is 2.24. The maximum absolute atomic E-state index is 5.62. The van der Waals surface area contributed by atoms with Crippen LogP contribution in [0.25, 0.3) is 0 Å². The SMILES string of the molecule is CC(C)CCC1OCCC1C. The molecule has 0 radical (unpaired) electrons. The van der Waals surface area contributed by atoms with Crippen LogP contribution in [0.2, 0.25) is 0 Å². The smallest absolute Gasteiger partial charge is 0.0601 e. The number of hydrogen-bond acceptors (Lipinski definition) is 1. The van der Waals surface area contributed by atoms with Crippen LogP contribution in [0.1, 0.15) is 40.0 Å². The Bertz CT molecular complexity index is 109. The molecule has 1 nitrogen and oxygen atoms in total. The molecule has 1 aliphatic rings. The van der Waals surface area contributed by atoms with E-state index in [4.69, 9.17) is 4.74 Å². The summed E-state index contributed by atoms with van der Waals surface area (Å²) in [6.45, 7) is 7.85. The van der Waals surface area contributed by atoms with Crippen molar-refractivity contribution < 1.29 is 4.74 Å². The van der Waals surface area contributed by atoms with Gasteiger partial charge in [0.25, 0.3) is 0 Å². The highest BCUT2D eigenvalue weighted by atomic mass is 16.5. The van der Waals surface area contributed by atoms with E-state index >= 15 is 0 Å². The fraction of sp³-hybridized carbons (Fsp3) is 1.00. The Morgan fingerprint density at radius 3 is 2.64 bits per heavy atom. The zero-order valence-corrected chi connectivity index (χ0v) is 7.97. The first-order valence-electron chi connectivity index (χ1n) is 4.81. The van der Waals surface area contributed by atoms with E-state index in [-0.39, 0.29) is 0 Å². The van der Waals surface area contributed by atoms with Gasteiger partial charge in [0.2, 0.25) is 0 Å². The Balaban J connectivity index is 2.15. The van der Waals surface area contributed by atoms with Crippen LogP contribution in [0.15, 0.2) is 0 Å². The Labute approximate surface area is 70.1 Å². The van der Waals surface area contributed by atoms with Crippen molar-refractivity contribution in [1.29, 1.82) is 0 Å². The molecule has 0 N–H and O–H groups in total. The third kappa shape index (κ3) is 2.82. The monoisotopic (exact) mass is 156 g/mol. The summed E-state index contributed by atoms with van der Waals surface area (Å²) in [4.78, 5) is 0. The second-order valence-corrected chi connectivity index (χ2v) is 4.15. The van der Waals surface area contributed by atoms with Gasteiger partial charge >= 0.3 is 0 Å². The second-order valence-electron chi connectivity index (χ2n) is 4.15. The third-order valence-corrected chi connectivity index (χ3v) is 2.57. The molecular formula is C10H20O. The van der Waals surface area contributed by atoms with Gasteiger partial charge in [-0.25, -0.2) is 0 Å². The Hall–Kier alpha value is -0.0400. The quantitative estimate of drug-likeness (QED) is 0.610. The van der Waals surface area contributed by atoms with Crippen molar-refractivity contribution >= 4 is 0 Å². The topological polar surface area (TPSA) is 9.23 Å². The molecular weight excluding hydrogens is 136 g/mol. The molecule has 0 aromatic rings. The number of rotatable bonds is 3.